The lowest BCUT2D eigenvalue weighted by atomic mass is 9.95. The number of halogens is 1. The minimum atomic E-state index is 0.639. The minimum Gasteiger partial charge on any atom is -0.435 e. The largest absolute Gasteiger partial charge is 0.435 e. The van der Waals surface area contributed by atoms with Crippen LogP contribution in [0.15, 0.2) is 75.6 Å². The molecule has 0 fully saturated rings. The van der Waals surface area contributed by atoms with Gasteiger partial charge in [-0.05, 0) is 49.6 Å². The lowest BCUT2D eigenvalue weighted by molar-refractivity contribution is 0.589. The van der Waals surface area contributed by atoms with E-state index in [1.165, 1.54) is 16.7 Å². The third kappa shape index (κ3) is 3.24. The van der Waals surface area contributed by atoms with Crippen LogP contribution in [0.2, 0.25) is 0 Å². The van der Waals surface area contributed by atoms with Crippen molar-refractivity contribution < 1.29 is 4.42 Å². The summed E-state index contributed by atoms with van der Waals surface area (Å²) in [4.78, 5) is 4.93. The van der Waals surface area contributed by atoms with Crippen molar-refractivity contribution in [3.8, 4) is 34.0 Å². The SMILES string of the molecule is Cc1cc(C)c(-c2nc(-c3ccccc3)oc2-c2ccccc2)c(C)c1Br. The number of hydrogen-bond acceptors (Lipinski definition) is 2. The standard InChI is InChI=1S/C24H20BrNO/c1-15-14-16(2)21(25)17(3)20(15)22-23(18-10-6-4-7-11-18)27-24(26-22)19-12-8-5-9-13-19/h4-14H,1-3H3. The maximum absolute atomic E-state index is 6.30. The summed E-state index contributed by atoms with van der Waals surface area (Å²) in [5.41, 5.74) is 7.60. The van der Waals surface area contributed by atoms with E-state index in [1.807, 2.05) is 48.5 Å². The summed E-state index contributed by atoms with van der Waals surface area (Å²) in [5, 5.41) is 0. The van der Waals surface area contributed by atoms with Crippen LogP contribution in [0.3, 0.4) is 0 Å². The van der Waals surface area contributed by atoms with Gasteiger partial charge in [0.2, 0.25) is 5.89 Å². The molecule has 1 aromatic heterocycles. The topological polar surface area (TPSA) is 26.0 Å². The molecule has 0 atom stereocenters. The predicted molar refractivity (Wildman–Crippen MR) is 115 cm³/mol. The lowest BCUT2D eigenvalue weighted by Gasteiger charge is -2.13. The Morgan fingerprint density at radius 2 is 1.37 bits per heavy atom. The van der Waals surface area contributed by atoms with Crippen LogP contribution in [0.4, 0.5) is 0 Å². The molecule has 2 nitrogen and oxygen atoms in total. The molecule has 0 radical (unpaired) electrons. The second-order valence-electron chi connectivity index (χ2n) is 6.75. The average Bonchev–Trinajstić information content (AvgIpc) is 3.12. The van der Waals surface area contributed by atoms with Gasteiger partial charge in [0.1, 0.15) is 5.69 Å². The van der Waals surface area contributed by atoms with E-state index in [-0.39, 0.29) is 0 Å². The van der Waals surface area contributed by atoms with Crippen molar-refractivity contribution in [1.29, 1.82) is 0 Å². The number of oxazole rings is 1. The molecule has 0 bridgehead atoms. The van der Waals surface area contributed by atoms with E-state index in [4.69, 9.17) is 9.40 Å². The number of rotatable bonds is 3. The first kappa shape index (κ1) is 17.7. The summed E-state index contributed by atoms with van der Waals surface area (Å²) in [6.07, 6.45) is 0. The summed E-state index contributed by atoms with van der Waals surface area (Å²) >= 11 is 3.74. The molecule has 0 saturated carbocycles. The van der Waals surface area contributed by atoms with E-state index < -0.39 is 0 Å². The Morgan fingerprint density at radius 1 is 0.778 bits per heavy atom. The van der Waals surface area contributed by atoms with Gasteiger partial charge >= 0.3 is 0 Å². The molecule has 4 rings (SSSR count). The van der Waals surface area contributed by atoms with Gasteiger partial charge in [0.15, 0.2) is 5.76 Å². The van der Waals surface area contributed by atoms with Crippen molar-refractivity contribution in [3.63, 3.8) is 0 Å². The Morgan fingerprint density at radius 3 is 2.00 bits per heavy atom. The van der Waals surface area contributed by atoms with E-state index in [9.17, 15) is 0 Å². The zero-order chi connectivity index (χ0) is 19.0. The van der Waals surface area contributed by atoms with E-state index in [1.54, 1.807) is 0 Å². The van der Waals surface area contributed by atoms with Crippen LogP contribution in [0.25, 0.3) is 34.0 Å². The molecule has 3 heteroatoms. The molecule has 0 aliphatic heterocycles. The molecule has 0 aliphatic carbocycles. The fraction of sp³-hybridized carbons (Fsp3) is 0.125. The second-order valence-corrected chi connectivity index (χ2v) is 7.55. The number of aromatic nitrogens is 1. The quantitative estimate of drug-likeness (QED) is 0.347. The highest BCUT2D eigenvalue weighted by atomic mass is 79.9. The molecule has 0 spiro atoms. The number of benzene rings is 3. The van der Waals surface area contributed by atoms with Crippen LogP contribution in [0.1, 0.15) is 16.7 Å². The zero-order valence-corrected chi connectivity index (χ0v) is 17.2. The van der Waals surface area contributed by atoms with Crippen molar-refractivity contribution >= 4 is 15.9 Å². The molecule has 4 aromatic rings. The van der Waals surface area contributed by atoms with Crippen molar-refractivity contribution in [3.05, 3.63) is 87.9 Å². The summed E-state index contributed by atoms with van der Waals surface area (Å²) in [7, 11) is 0. The van der Waals surface area contributed by atoms with Gasteiger partial charge in [0, 0.05) is 21.2 Å². The van der Waals surface area contributed by atoms with Crippen LogP contribution in [-0.4, -0.2) is 4.98 Å². The van der Waals surface area contributed by atoms with Crippen LogP contribution in [0, 0.1) is 20.8 Å². The molecular formula is C24H20BrNO. The maximum Gasteiger partial charge on any atom is 0.227 e. The molecule has 0 aliphatic rings. The van der Waals surface area contributed by atoms with Gasteiger partial charge in [0.05, 0.1) is 0 Å². The second kappa shape index (κ2) is 7.16. The van der Waals surface area contributed by atoms with Gasteiger partial charge in [-0.15, -0.1) is 0 Å². The van der Waals surface area contributed by atoms with Crippen LogP contribution in [0.5, 0.6) is 0 Å². The molecule has 0 N–H and O–H groups in total. The van der Waals surface area contributed by atoms with Gasteiger partial charge in [0.25, 0.3) is 0 Å². The minimum absolute atomic E-state index is 0.639. The normalized spacial score (nSPS) is 11.0. The first-order valence-electron chi connectivity index (χ1n) is 8.94. The van der Waals surface area contributed by atoms with Crippen molar-refractivity contribution in [2.24, 2.45) is 0 Å². The van der Waals surface area contributed by atoms with Gasteiger partial charge in [-0.3, -0.25) is 0 Å². The van der Waals surface area contributed by atoms with E-state index in [0.717, 1.165) is 32.6 Å². The van der Waals surface area contributed by atoms with Crippen molar-refractivity contribution in [2.75, 3.05) is 0 Å². The first-order valence-corrected chi connectivity index (χ1v) is 9.74. The third-order valence-corrected chi connectivity index (χ3v) is 6.02. The summed E-state index contributed by atoms with van der Waals surface area (Å²) in [6.45, 7) is 6.38. The Bertz CT molecular complexity index is 1100. The average molecular weight is 418 g/mol. The van der Waals surface area contributed by atoms with Gasteiger partial charge in [-0.25, -0.2) is 4.98 Å². The predicted octanol–water partition coefficient (Wildman–Crippen LogP) is 7.36. The summed E-state index contributed by atoms with van der Waals surface area (Å²) < 4.78 is 7.41. The molecule has 1 heterocycles. The first-order chi connectivity index (χ1) is 13.1. The van der Waals surface area contributed by atoms with Crippen molar-refractivity contribution in [2.45, 2.75) is 20.8 Å². The molecule has 0 unspecified atom stereocenters. The Kier molecular flexibility index (Phi) is 4.71. The highest BCUT2D eigenvalue weighted by Gasteiger charge is 2.22. The highest BCUT2D eigenvalue weighted by Crippen LogP contribution is 2.41. The molecule has 134 valence electrons. The Hall–Kier alpha value is -2.65. The molecule has 27 heavy (non-hydrogen) atoms. The number of hydrogen-bond donors (Lipinski definition) is 0. The monoisotopic (exact) mass is 417 g/mol. The molecule has 0 saturated heterocycles. The summed E-state index contributed by atoms with van der Waals surface area (Å²) in [5.74, 6) is 1.44. The Balaban J connectivity index is 2.01. The fourth-order valence-corrected chi connectivity index (χ4v) is 3.82. The van der Waals surface area contributed by atoms with Gasteiger partial charge in [-0.1, -0.05) is 70.5 Å². The van der Waals surface area contributed by atoms with E-state index in [0.29, 0.717) is 5.89 Å². The third-order valence-electron chi connectivity index (χ3n) is 4.80. The fourth-order valence-electron chi connectivity index (χ4n) is 3.50. The van der Waals surface area contributed by atoms with Gasteiger partial charge < -0.3 is 4.42 Å². The van der Waals surface area contributed by atoms with Crippen LogP contribution < -0.4 is 0 Å². The molecule has 0 amide bonds. The highest BCUT2D eigenvalue weighted by molar-refractivity contribution is 9.10. The smallest absolute Gasteiger partial charge is 0.227 e. The van der Waals surface area contributed by atoms with Crippen LogP contribution in [-0.2, 0) is 0 Å². The zero-order valence-electron chi connectivity index (χ0n) is 15.6. The molecular weight excluding hydrogens is 398 g/mol. The number of nitrogens with zero attached hydrogens (tertiary/aromatic N) is 1. The van der Waals surface area contributed by atoms with Crippen molar-refractivity contribution in [1.82, 2.24) is 4.98 Å². The molecule has 3 aromatic carbocycles. The summed E-state index contributed by atoms with van der Waals surface area (Å²) in [6, 6.07) is 22.4. The maximum atomic E-state index is 6.30. The van der Waals surface area contributed by atoms with E-state index in [2.05, 4.69) is 54.9 Å². The van der Waals surface area contributed by atoms with Crippen LogP contribution >= 0.6 is 15.9 Å². The Labute approximate surface area is 168 Å². The lowest BCUT2D eigenvalue weighted by Crippen LogP contribution is -1.94. The van der Waals surface area contributed by atoms with Gasteiger partial charge in [-0.2, -0.15) is 0 Å². The number of aryl methyl sites for hydroxylation is 2. The van der Waals surface area contributed by atoms with E-state index >= 15 is 0 Å².